The molecular weight excluding hydrogens is 610 g/mol. The van der Waals surface area contributed by atoms with Crippen molar-refractivity contribution in [3.63, 3.8) is 0 Å². The van der Waals surface area contributed by atoms with Crippen LogP contribution in [0, 0.1) is 5.92 Å². The molecule has 0 unspecified atom stereocenters. The third-order valence-electron chi connectivity index (χ3n) is 9.07. The first-order valence-corrected chi connectivity index (χ1v) is 16.8. The monoisotopic (exact) mass is 655 g/mol. The number of anilines is 4. The van der Waals surface area contributed by atoms with E-state index in [1.807, 2.05) is 48.0 Å². The van der Waals surface area contributed by atoms with E-state index in [1.165, 1.54) is 31.8 Å². The summed E-state index contributed by atoms with van der Waals surface area (Å²) >= 11 is 0. The Morgan fingerprint density at radius 1 is 1.06 bits per heavy atom. The molecule has 0 bridgehead atoms. The molecule has 254 valence electrons. The normalized spacial score (nSPS) is 15.4. The Kier molecular flexibility index (Phi) is 10.3. The molecule has 1 aliphatic heterocycles. The number of carbonyl (C=O) groups excluding carboxylic acids is 2. The van der Waals surface area contributed by atoms with E-state index < -0.39 is 5.97 Å². The number of fused-ring (bicyclic) bond motifs is 1. The zero-order chi connectivity index (χ0) is 33.6. The van der Waals surface area contributed by atoms with E-state index in [1.54, 1.807) is 21.0 Å². The minimum absolute atomic E-state index is 0.245. The lowest BCUT2D eigenvalue weighted by atomic mass is 9.89. The minimum atomic E-state index is -0.502. The zero-order valence-corrected chi connectivity index (χ0v) is 28.2. The van der Waals surface area contributed by atoms with Gasteiger partial charge in [-0.1, -0.05) is 37.5 Å². The van der Waals surface area contributed by atoms with Crippen LogP contribution in [0.2, 0.25) is 0 Å². The van der Waals surface area contributed by atoms with Crippen molar-refractivity contribution in [1.82, 2.24) is 19.9 Å². The molecule has 0 spiro atoms. The van der Waals surface area contributed by atoms with Gasteiger partial charge in [0.1, 0.15) is 23.5 Å². The number of hydrogen-bond donors (Lipinski definition) is 3. The molecule has 2 aromatic carbocycles. The number of rotatable bonds is 10. The van der Waals surface area contributed by atoms with Gasteiger partial charge >= 0.3 is 12.0 Å². The van der Waals surface area contributed by atoms with Crippen LogP contribution >= 0.6 is 0 Å². The third-order valence-corrected chi connectivity index (χ3v) is 9.07. The van der Waals surface area contributed by atoms with Crippen LogP contribution in [-0.4, -0.2) is 72.6 Å². The lowest BCUT2D eigenvalue weighted by Gasteiger charge is -2.31. The highest BCUT2D eigenvalue weighted by atomic mass is 16.5. The topological polar surface area (TPSA) is 132 Å². The van der Waals surface area contributed by atoms with Gasteiger partial charge in [0.15, 0.2) is 0 Å². The van der Waals surface area contributed by atoms with Gasteiger partial charge in [0.05, 0.1) is 60.3 Å². The number of esters is 1. The number of para-hydroxylation sites is 1. The largest absolute Gasteiger partial charge is 0.494 e. The van der Waals surface area contributed by atoms with Crippen molar-refractivity contribution in [1.29, 1.82) is 0 Å². The van der Waals surface area contributed by atoms with E-state index in [0.717, 1.165) is 29.4 Å². The Bertz CT molecular complexity index is 1760. The number of hydrogen-bond acceptors (Lipinski definition) is 9. The van der Waals surface area contributed by atoms with Gasteiger partial charge in [-0.2, -0.15) is 0 Å². The molecule has 3 N–H and O–H groups in total. The predicted octanol–water partition coefficient (Wildman–Crippen LogP) is 6.49. The second kappa shape index (κ2) is 14.9. The van der Waals surface area contributed by atoms with Crippen LogP contribution in [0.3, 0.4) is 0 Å². The van der Waals surface area contributed by atoms with Gasteiger partial charge in [0.25, 0.3) is 0 Å². The highest BCUT2D eigenvalue weighted by Crippen LogP contribution is 2.44. The molecule has 1 saturated carbocycles. The van der Waals surface area contributed by atoms with Crippen LogP contribution < -0.4 is 25.6 Å². The molecule has 1 aliphatic carbocycles. The maximum Gasteiger partial charge on any atom is 0.342 e. The van der Waals surface area contributed by atoms with Gasteiger partial charge in [0, 0.05) is 44.3 Å². The first kappa shape index (κ1) is 33.1. The summed E-state index contributed by atoms with van der Waals surface area (Å²) in [6, 6.07) is 11.5. The van der Waals surface area contributed by atoms with E-state index in [-0.39, 0.29) is 17.7 Å². The van der Waals surface area contributed by atoms with Crippen LogP contribution in [0.4, 0.5) is 27.7 Å². The van der Waals surface area contributed by atoms with Crippen LogP contribution in [0.1, 0.15) is 56.3 Å². The van der Waals surface area contributed by atoms with Crippen LogP contribution in [0.15, 0.2) is 48.9 Å². The number of aryl methyl sites for hydroxylation is 1. The highest BCUT2D eigenvalue weighted by molar-refractivity contribution is 6.08. The number of benzene rings is 2. The Morgan fingerprint density at radius 2 is 1.83 bits per heavy atom. The highest BCUT2D eigenvalue weighted by Gasteiger charge is 2.26. The summed E-state index contributed by atoms with van der Waals surface area (Å²) in [6.45, 7) is 6.82. The number of urea groups is 1. The van der Waals surface area contributed by atoms with Crippen molar-refractivity contribution in [3.8, 4) is 17.0 Å². The van der Waals surface area contributed by atoms with E-state index in [4.69, 9.17) is 14.2 Å². The number of aromatic nitrogens is 3. The van der Waals surface area contributed by atoms with Crippen molar-refractivity contribution >= 4 is 45.8 Å². The molecule has 2 aromatic heterocycles. The van der Waals surface area contributed by atoms with Gasteiger partial charge in [-0.3, -0.25) is 0 Å². The molecule has 12 heteroatoms. The first-order valence-electron chi connectivity index (χ1n) is 16.8. The number of nitrogens with zero attached hydrogens (tertiary/aromatic N) is 4. The molecule has 6 rings (SSSR count). The van der Waals surface area contributed by atoms with Gasteiger partial charge in [-0.05, 0) is 44.7 Å². The van der Waals surface area contributed by atoms with Crippen LogP contribution in [-0.2, 0) is 16.5 Å². The summed E-state index contributed by atoms with van der Waals surface area (Å²) in [6.07, 6.45) is 8.60. The Morgan fingerprint density at radius 3 is 2.58 bits per heavy atom. The fraction of sp³-hybridized carbons (Fsp3) is 0.444. The fourth-order valence-corrected chi connectivity index (χ4v) is 6.66. The lowest BCUT2D eigenvalue weighted by Crippen LogP contribution is -2.38. The number of ether oxygens (including phenoxy) is 3. The molecule has 48 heavy (non-hydrogen) atoms. The SMILES string of the molecule is COc1cc(N2CCOCC2)c(NC(=O)NCC2CCCCC2)cc1Nc1c(-c2ncncc2C(=O)OC(C)C)c2ccccc2n1C. The molecule has 3 heterocycles. The van der Waals surface area contributed by atoms with Gasteiger partial charge in [-0.25, -0.2) is 19.6 Å². The molecule has 2 aliphatic rings. The van der Waals surface area contributed by atoms with Gasteiger partial charge in [-0.15, -0.1) is 0 Å². The second-order valence-corrected chi connectivity index (χ2v) is 12.7. The molecule has 0 radical (unpaired) electrons. The Hall–Kier alpha value is -4.84. The van der Waals surface area contributed by atoms with Crippen molar-refractivity contribution in [2.75, 3.05) is 55.5 Å². The molecule has 2 amide bonds. The number of nitrogens with one attached hydrogen (secondary N) is 3. The van der Waals surface area contributed by atoms with Crippen molar-refractivity contribution < 1.29 is 23.8 Å². The third kappa shape index (κ3) is 7.18. The van der Waals surface area contributed by atoms with Gasteiger partial charge < -0.3 is 39.6 Å². The number of amides is 2. The molecular formula is C36H45N7O5. The van der Waals surface area contributed by atoms with Crippen molar-refractivity contribution in [3.05, 3.63) is 54.5 Å². The standard InChI is InChI=1S/C36H45N7O5/c1-23(2)48-35(44)26-21-37-22-39-33(26)32-25-12-8-9-13-29(25)42(3)34(32)40-28-18-27(41-36(45)38-20-24-10-6-5-7-11-24)30(19-31(28)46-4)43-14-16-47-17-15-43/h8-9,12-13,18-19,21-24,40H,5-7,10-11,14-17,20H2,1-4H3,(H2,38,41,45). The molecule has 2 fully saturated rings. The molecule has 4 aromatic rings. The maximum atomic E-state index is 13.3. The van der Waals surface area contributed by atoms with Crippen molar-refractivity contribution in [2.45, 2.75) is 52.1 Å². The molecule has 12 nitrogen and oxygen atoms in total. The summed E-state index contributed by atoms with van der Waals surface area (Å²) in [5.74, 6) is 1.27. The summed E-state index contributed by atoms with van der Waals surface area (Å²) in [5.41, 5.74) is 4.47. The average molecular weight is 656 g/mol. The van der Waals surface area contributed by atoms with E-state index in [2.05, 4.69) is 30.8 Å². The molecule has 0 atom stereocenters. The predicted molar refractivity (Wildman–Crippen MR) is 187 cm³/mol. The summed E-state index contributed by atoms with van der Waals surface area (Å²) < 4.78 is 19.1. The first-order chi connectivity index (χ1) is 23.3. The van der Waals surface area contributed by atoms with E-state index >= 15 is 0 Å². The molecule has 1 saturated heterocycles. The summed E-state index contributed by atoms with van der Waals surface area (Å²) in [4.78, 5) is 37.5. The smallest absolute Gasteiger partial charge is 0.342 e. The minimum Gasteiger partial charge on any atom is -0.494 e. The summed E-state index contributed by atoms with van der Waals surface area (Å²) in [7, 11) is 3.58. The quantitative estimate of drug-likeness (QED) is 0.164. The fourth-order valence-electron chi connectivity index (χ4n) is 6.66. The average Bonchev–Trinajstić information content (AvgIpc) is 3.38. The second-order valence-electron chi connectivity index (χ2n) is 12.7. The van der Waals surface area contributed by atoms with Crippen LogP contribution in [0.25, 0.3) is 22.2 Å². The van der Waals surface area contributed by atoms with E-state index in [9.17, 15) is 9.59 Å². The van der Waals surface area contributed by atoms with E-state index in [0.29, 0.717) is 73.0 Å². The Labute approximate surface area is 281 Å². The zero-order valence-electron chi connectivity index (χ0n) is 28.2. The van der Waals surface area contributed by atoms with Crippen LogP contribution in [0.5, 0.6) is 5.75 Å². The lowest BCUT2D eigenvalue weighted by molar-refractivity contribution is 0.0378. The number of methoxy groups -OCH3 is 1. The number of carbonyl (C=O) groups is 2. The number of morpholine rings is 1. The van der Waals surface area contributed by atoms with Crippen molar-refractivity contribution in [2.24, 2.45) is 13.0 Å². The maximum absolute atomic E-state index is 13.3. The summed E-state index contributed by atoms with van der Waals surface area (Å²) in [5, 5.41) is 10.7. The van der Waals surface area contributed by atoms with Gasteiger partial charge in [0.2, 0.25) is 0 Å². The Balaban J connectivity index is 1.41.